The first-order chi connectivity index (χ1) is 18.5. The third kappa shape index (κ3) is 6.24. The number of hydrogen-bond donors (Lipinski definition) is 3. The summed E-state index contributed by atoms with van der Waals surface area (Å²) in [5.41, 5.74) is 8.38. The van der Waals surface area contributed by atoms with Gasteiger partial charge in [0, 0.05) is 43.0 Å². The average Bonchev–Trinajstić information content (AvgIpc) is 2.93. The minimum atomic E-state index is -0.465. The topological polar surface area (TPSA) is 115 Å². The summed E-state index contributed by atoms with van der Waals surface area (Å²) in [5, 5.41) is 12.2. The molecule has 1 aromatic heterocycles. The molecule has 3 aromatic carbocycles. The van der Waals surface area contributed by atoms with Crippen LogP contribution in [0.2, 0.25) is 0 Å². The van der Waals surface area contributed by atoms with E-state index in [0.29, 0.717) is 54.0 Å². The normalized spacial score (nSPS) is 13.6. The van der Waals surface area contributed by atoms with Crippen molar-refractivity contribution in [3.8, 4) is 17.2 Å². The fourth-order valence-electron chi connectivity index (χ4n) is 4.18. The Morgan fingerprint density at radius 2 is 1.71 bits per heavy atom. The van der Waals surface area contributed by atoms with E-state index < -0.39 is 5.82 Å². The van der Waals surface area contributed by atoms with Crippen LogP contribution in [0.15, 0.2) is 79.1 Å². The monoisotopic (exact) mass is 513 g/mol. The lowest BCUT2D eigenvalue weighted by atomic mass is 10.0. The SMILES string of the molecule is N=C(c1ccc(Oc2cc(F)cc(OCc3ccccc3)c2)cc1)c1c(N)ncnc1NC1CCOCC1. The molecule has 4 aromatic rings. The molecule has 1 fully saturated rings. The molecule has 38 heavy (non-hydrogen) atoms. The Balaban J connectivity index is 1.28. The number of rotatable bonds is 9. The summed E-state index contributed by atoms with van der Waals surface area (Å²) < 4.78 is 31.3. The predicted octanol–water partition coefficient (Wildman–Crippen LogP) is 5.58. The second-order valence-electron chi connectivity index (χ2n) is 8.91. The molecule has 194 valence electrons. The Morgan fingerprint density at radius 1 is 0.974 bits per heavy atom. The molecule has 5 rings (SSSR count). The number of benzene rings is 3. The fourth-order valence-corrected chi connectivity index (χ4v) is 4.18. The minimum Gasteiger partial charge on any atom is -0.489 e. The highest BCUT2D eigenvalue weighted by Crippen LogP contribution is 2.29. The van der Waals surface area contributed by atoms with Crippen LogP contribution in [0.5, 0.6) is 17.2 Å². The van der Waals surface area contributed by atoms with E-state index in [1.165, 1.54) is 18.5 Å². The molecular formula is C29H28FN5O3. The maximum absolute atomic E-state index is 14.2. The molecule has 4 N–H and O–H groups in total. The molecule has 0 spiro atoms. The van der Waals surface area contributed by atoms with Gasteiger partial charge in [0.15, 0.2) is 0 Å². The number of aromatic nitrogens is 2. The fraction of sp³-hybridized carbons (Fsp3) is 0.207. The predicted molar refractivity (Wildman–Crippen MR) is 144 cm³/mol. The number of nitrogens with one attached hydrogen (secondary N) is 2. The smallest absolute Gasteiger partial charge is 0.141 e. The molecule has 0 saturated carbocycles. The highest BCUT2D eigenvalue weighted by atomic mass is 19.1. The number of nitrogens with zero attached hydrogens (tertiary/aromatic N) is 2. The molecule has 0 aliphatic carbocycles. The van der Waals surface area contributed by atoms with Gasteiger partial charge in [-0.3, -0.25) is 5.41 Å². The first-order valence-corrected chi connectivity index (χ1v) is 12.3. The van der Waals surface area contributed by atoms with E-state index in [0.717, 1.165) is 18.4 Å². The van der Waals surface area contributed by atoms with Crippen molar-refractivity contribution in [2.45, 2.75) is 25.5 Å². The van der Waals surface area contributed by atoms with Crippen LogP contribution in [-0.2, 0) is 11.3 Å². The van der Waals surface area contributed by atoms with Gasteiger partial charge in [-0.15, -0.1) is 0 Å². The van der Waals surface area contributed by atoms with Crippen molar-refractivity contribution in [2.75, 3.05) is 24.3 Å². The second kappa shape index (κ2) is 11.7. The summed E-state index contributed by atoms with van der Waals surface area (Å²) in [7, 11) is 0. The van der Waals surface area contributed by atoms with Crippen LogP contribution in [0.4, 0.5) is 16.0 Å². The van der Waals surface area contributed by atoms with E-state index in [-0.39, 0.29) is 17.6 Å². The van der Waals surface area contributed by atoms with Crippen molar-refractivity contribution in [2.24, 2.45) is 0 Å². The maximum atomic E-state index is 14.2. The Hall–Kier alpha value is -4.50. The van der Waals surface area contributed by atoms with Crippen LogP contribution < -0.4 is 20.5 Å². The van der Waals surface area contributed by atoms with Gasteiger partial charge in [0.1, 0.15) is 47.6 Å². The third-order valence-corrected chi connectivity index (χ3v) is 6.16. The highest BCUT2D eigenvalue weighted by molar-refractivity contribution is 6.16. The lowest BCUT2D eigenvalue weighted by Gasteiger charge is -2.25. The quantitative estimate of drug-likeness (QED) is 0.250. The molecule has 0 amide bonds. The Morgan fingerprint density at radius 3 is 2.47 bits per heavy atom. The van der Waals surface area contributed by atoms with Crippen molar-refractivity contribution < 1.29 is 18.6 Å². The lowest BCUT2D eigenvalue weighted by Crippen LogP contribution is -2.29. The van der Waals surface area contributed by atoms with E-state index in [1.807, 2.05) is 30.3 Å². The largest absolute Gasteiger partial charge is 0.489 e. The van der Waals surface area contributed by atoms with Crippen molar-refractivity contribution in [1.82, 2.24) is 9.97 Å². The number of hydrogen-bond acceptors (Lipinski definition) is 8. The summed E-state index contributed by atoms with van der Waals surface area (Å²) in [6.45, 7) is 1.68. The van der Waals surface area contributed by atoms with Gasteiger partial charge in [0.25, 0.3) is 0 Å². The van der Waals surface area contributed by atoms with E-state index in [2.05, 4.69) is 15.3 Å². The molecule has 2 heterocycles. The summed E-state index contributed by atoms with van der Waals surface area (Å²) in [4.78, 5) is 8.44. The van der Waals surface area contributed by atoms with Gasteiger partial charge in [-0.2, -0.15) is 0 Å². The molecule has 0 bridgehead atoms. The van der Waals surface area contributed by atoms with Crippen LogP contribution in [0.25, 0.3) is 0 Å². The summed E-state index contributed by atoms with van der Waals surface area (Å²) >= 11 is 0. The van der Waals surface area contributed by atoms with Crippen LogP contribution in [0, 0.1) is 11.2 Å². The standard InChI is InChI=1S/C29H28FN5O3/c30-21-14-24(37-17-19-4-2-1-3-5-19)16-25(15-21)38-23-8-6-20(7-9-23)27(31)26-28(32)33-18-34-29(26)35-22-10-12-36-13-11-22/h1-9,14-16,18,22,31H,10-13,17H2,(H3,32,33,34,35). The van der Waals surface area contributed by atoms with Crippen molar-refractivity contribution in [3.63, 3.8) is 0 Å². The molecule has 1 aliphatic rings. The van der Waals surface area contributed by atoms with Gasteiger partial charge in [-0.05, 0) is 42.7 Å². The highest BCUT2D eigenvalue weighted by Gasteiger charge is 2.20. The lowest BCUT2D eigenvalue weighted by molar-refractivity contribution is 0.0904. The van der Waals surface area contributed by atoms with Crippen molar-refractivity contribution in [1.29, 1.82) is 5.41 Å². The summed E-state index contributed by atoms with van der Waals surface area (Å²) in [6.07, 6.45) is 3.09. The Bertz CT molecular complexity index is 1390. The molecule has 1 aliphatic heterocycles. The van der Waals surface area contributed by atoms with Crippen LogP contribution in [0.3, 0.4) is 0 Å². The van der Waals surface area contributed by atoms with Gasteiger partial charge in [-0.25, -0.2) is 14.4 Å². The van der Waals surface area contributed by atoms with E-state index in [4.69, 9.17) is 25.4 Å². The number of halogens is 1. The zero-order valence-corrected chi connectivity index (χ0v) is 20.7. The van der Waals surface area contributed by atoms with Gasteiger partial charge in [0.2, 0.25) is 0 Å². The number of nitrogens with two attached hydrogens (primary N) is 1. The van der Waals surface area contributed by atoms with E-state index in [9.17, 15) is 4.39 Å². The summed E-state index contributed by atoms with van der Waals surface area (Å²) in [5.74, 6) is 1.44. The van der Waals surface area contributed by atoms with Gasteiger partial charge < -0.3 is 25.3 Å². The molecule has 0 radical (unpaired) electrons. The van der Waals surface area contributed by atoms with Crippen LogP contribution in [0.1, 0.15) is 29.5 Å². The average molecular weight is 514 g/mol. The minimum absolute atomic E-state index is 0.187. The van der Waals surface area contributed by atoms with E-state index >= 15 is 0 Å². The zero-order valence-electron chi connectivity index (χ0n) is 20.7. The number of anilines is 2. The van der Waals surface area contributed by atoms with Crippen molar-refractivity contribution in [3.05, 3.63) is 102 Å². The van der Waals surface area contributed by atoms with Gasteiger partial charge >= 0.3 is 0 Å². The first-order valence-electron chi connectivity index (χ1n) is 12.3. The molecular weight excluding hydrogens is 485 g/mol. The molecule has 9 heteroatoms. The van der Waals surface area contributed by atoms with Crippen LogP contribution in [-0.4, -0.2) is 34.9 Å². The Labute approximate surface area is 220 Å². The van der Waals surface area contributed by atoms with E-state index in [1.54, 1.807) is 30.3 Å². The Kier molecular flexibility index (Phi) is 7.75. The number of nitrogen functional groups attached to an aromatic ring is 1. The zero-order chi connectivity index (χ0) is 26.3. The third-order valence-electron chi connectivity index (χ3n) is 6.16. The van der Waals surface area contributed by atoms with Crippen LogP contribution >= 0.6 is 0 Å². The molecule has 0 unspecified atom stereocenters. The summed E-state index contributed by atoms with van der Waals surface area (Å²) in [6, 6.07) is 21.0. The molecule has 1 saturated heterocycles. The second-order valence-corrected chi connectivity index (χ2v) is 8.91. The first kappa shape index (κ1) is 25.2. The van der Waals surface area contributed by atoms with Crippen molar-refractivity contribution >= 4 is 17.3 Å². The van der Waals surface area contributed by atoms with Gasteiger partial charge in [0.05, 0.1) is 11.3 Å². The molecule has 0 atom stereocenters. The molecule has 8 nitrogen and oxygen atoms in total. The maximum Gasteiger partial charge on any atom is 0.141 e. The van der Waals surface area contributed by atoms with Gasteiger partial charge in [-0.1, -0.05) is 30.3 Å². The number of ether oxygens (including phenoxy) is 3.